The maximum Gasteiger partial charge on any atom is 0.249 e. The van der Waals surface area contributed by atoms with E-state index in [1.165, 1.54) is 154 Å². The van der Waals surface area contributed by atoms with Crippen molar-refractivity contribution in [3.8, 4) is 0 Å². The van der Waals surface area contributed by atoms with E-state index >= 15 is 0 Å². The molecule has 1 saturated heterocycles. The van der Waals surface area contributed by atoms with Gasteiger partial charge in [-0.05, 0) is 64.2 Å². The van der Waals surface area contributed by atoms with E-state index in [-0.39, 0.29) is 12.8 Å². The molecule has 0 aromatic heterocycles. The molecule has 0 saturated carbocycles. The third-order valence-corrected chi connectivity index (χ3v) is 13.4. The van der Waals surface area contributed by atoms with E-state index in [0.717, 1.165) is 44.9 Å². The van der Waals surface area contributed by atoms with Crippen molar-refractivity contribution >= 4 is 5.91 Å². The number of ether oxygens (including phenoxy) is 2. The number of aliphatic hydroxyl groups is 7. The van der Waals surface area contributed by atoms with Crippen molar-refractivity contribution in [3.63, 3.8) is 0 Å². The van der Waals surface area contributed by atoms with Crippen LogP contribution in [0.3, 0.4) is 0 Å². The Bertz CT molecular complexity index is 1180. The number of hydrogen-bond acceptors (Lipinski definition) is 10. The summed E-state index contributed by atoms with van der Waals surface area (Å²) in [6.45, 7) is 3.44. The molecule has 1 amide bonds. The summed E-state index contributed by atoms with van der Waals surface area (Å²) >= 11 is 0. The number of rotatable bonds is 47. The Morgan fingerprint density at radius 2 is 0.896 bits per heavy atom. The normalized spacial score (nSPS) is 20.9. The van der Waals surface area contributed by atoms with E-state index in [0.29, 0.717) is 19.3 Å². The van der Waals surface area contributed by atoms with Crippen molar-refractivity contribution in [2.75, 3.05) is 13.2 Å². The molecule has 0 aromatic rings. The zero-order valence-corrected chi connectivity index (χ0v) is 42.9. The van der Waals surface area contributed by atoms with Crippen molar-refractivity contribution in [2.24, 2.45) is 0 Å². The molecular formula is C56H105NO10. The van der Waals surface area contributed by atoms with E-state index < -0.39 is 74.2 Å². The van der Waals surface area contributed by atoms with Crippen LogP contribution in [0.4, 0.5) is 0 Å². The molecule has 394 valence electrons. The summed E-state index contributed by atoms with van der Waals surface area (Å²) in [5.41, 5.74) is 0. The topological polar surface area (TPSA) is 189 Å². The maximum atomic E-state index is 13.2. The van der Waals surface area contributed by atoms with Crippen LogP contribution in [0.5, 0.6) is 0 Å². The number of hydrogen-bond donors (Lipinski definition) is 8. The number of carbonyl (C=O) groups is 1. The van der Waals surface area contributed by atoms with E-state index in [1.54, 1.807) is 0 Å². The Morgan fingerprint density at radius 3 is 1.33 bits per heavy atom. The van der Waals surface area contributed by atoms with Crippen LogP contribution in [0.25, 0.3) is 0 Å². The van der Waals surface area contributed by atoms with Gasteiger partial charge in [-0.25, -0.2) is 0 Å². The van der Waals surface area contributed by atoms with Crippen molar-refractivity contribution in [1.82, 2.24) is 5.32 Å². The minimum absolute atomic E-state index is 0.242. The van der Waals surface area contributed by atoms with Crippen LogP contribution in [-0.2, 0) is 14.3 Å². The molecule has 0 aromatic carbocycles. The van der Waals surface area contributed by atoms with Gasteiger partial charge < -0.3 is 50.5 Å². The predicted octanol–water partition coefficient (Wildman–Crippen LogP) is 11.1. The van der Waals surface area contributed by atoms with Crippen LogP contribution >= 0.6 is 0 Å². The lowest BCUT2D eigenvalue weighted by molar-refractivity contribution is -0.303. The lowest BCUT2D eigenvalue weighted by Gasteiger charge is -2.40. The second-order valence-electron chi connectivity index (χ2n) is 19.6. The van der Waals surface area contributed by atoms with Crippen LogP contribution in [0.1, 0.15) is 245 Å². The van der Waals surface area contributed by atoms with Crippen LogP contribution in [0.15, 0.2) is 36.5 Å². The molecule has 0 radical (unpaired) electrons. The van der Waals surface area contributed by atoms with Crippen LogP contribution in [0, 0.1) is 0 Å². The fraction of sp³-hybridized carbons (Fsp3) is 0.875. The molecule has 11 nitrogen and oxygen atoms in total. The van der Waals surface area contributed by atoms with Gasteiger partial charge in [0.1, 0.15) is 36.6 Å². The molecule has 0 aliphatic carbocycles. The first-order valence-corrected chi connectivity index (χ1v) is 27.9. The van der Waals surface area contributed by atoms with Crippen molar-refractivity contribution in [1.29, 1.82) is 0 Å². The first-order chi connectivity index (χ1) is 32.7. The lowest BCUT2D eigenvalue weighted by atomic mass is 9.98. The first kappa shape index (κ1) is 63.3. The van der Waals surface area contributed by atoms with Crippen molar-refractivity contribution in [2.45, 2.75) is 300 Å². The zero-order valence-electron chi connectivity index (χ0n) is 42.9. The highest BCUT2D eigenvalue weighted by Gasteiger charge is 2.44. The Balaban J connectivity index is 2.36. The fourth-order valence-corrected chi connectivity index (χ4v) is 8.83. The number of aliphatic hydroxyl groups excluding tert-OH is 7. The molecule has 1 aliphatic rings. The standard InChI is InChI=1S/C56H105NO10/c1-3-5-7-9-11-13-15-17-19-21-23-24-25-26-28-30-32-34-36-38-40-42-44-49(60)55(65)57-47(46-66-56-54(64)53(63)52(62)50(45-58)67-56)51(61)48(59)43-41-39-37-35-33-31-29-27-22-20-18-16-14-12-10-8-6-4-2/h16,18,27,29,35,37,47-54,56,58-64H,3-15,17,19-26,28,30-34,36,38-46H2,1-2H3,(H,57,65)/b18-16+,29-27+,37-35+. The van der Waals surface area contributed by atoms with Gasteiger partial charge in [0.2, 0.25) is 5.91 Å². The van der Waals surface area contributed by atoms with Gasteiger partial charge in [-0.2, -0.15) is 0 Å². The Morgan fingerprint density at radius 1 is 0.507 bits per heavy atom. The molecule has 1 heterocycles. The van der Waals surface area contributed by atoms with Gasteiger partial charge in [-0.3, -0.25) is 4.79 Å². The summed E-state index contributed by atoms with van der Waals surface area (Å²) in [6, 6.07) is -1.19. The summed E-state index contributed by atoms with van der Waals surface area (Å²) < 4.78 is 11.1. The number of nitrogens with one attached hydrogen (secondary N) is 1. The average molecular weight is 952 g/mol. The molecule has 8 N–H and O–H groups in total. The maximum absolute atomic E-state index is 13.2. The molecule has 1 fully saturated rings. The van der Waals surface area contributed by atoms with Crippen molar-refractivity contribution in [3.05, 3.63) is 36.5 Å². The molecule has 9 atom stereocenters. The third-order valence-electron chi connectivity index (χ3n) is 13.4. The predicted molar refractivity (Wildman–Crippen MR) is 275 cm³/mol. The third kappa shape index (κ3) is 34.3. The summed E-state index contributed by atoms with van der Waals surface area (Å²) in [5.74, 6) is -0.709. The van der Waals surface area contributed by atoms with Gasteiger partial charge >= 0.3 is 0 Å². The number of allylic oxidation sites excluding steroid dienone is 6. The minimum atomic E-state index is -1.67. The molecule has 0 bridgehead atoms. The molecule has 1 aliphatic heterocycles. The zero-order chi connectivity index (χ0) is 49.0. The summed E-state index contributed by atoms with van der Waals surface area (Å²) in [5, 5.41) is 76.0. The average Bonchev–Trinajstić information content (AvgIpc) is 3.33. The lowest BCUT2D eigenvalue weighted by Crippen LogP contribution is -2.60. The van der Waals surface area contributed by atoms with Crippen molar-refractivity contribution < 1.29 is 50.0 Å². The number of amides is 1. The number of carbonyl (C=O) groups excluding carboxylic acids is 1. The number of unbranched alkanes of at least 4 members (excludes halogenated alkanes) is 29. The van der Waals surface area contributed by atoms with Crippen LogP contribution in [-0.4, -0.2) is 110 Å². The second kappa shape index (κ2) is 45.5. The quantitative estimate of drug-likeness (QED) is 0.0215. The Hall–Kier alpha value is -1.67. The van der Waals surface area contributed by atoms with Crippen LogP contribution in [0.2, 0.25) is 0 Å². The summed E-state index contributed by atoms with van der Waals surface area (Å²) in [4.78, 5) is 13.2. The largest absolute Gasteiger partial charge is 0.394 e. The van der Waals surface area contributed by atoms with Gasteiger partial charge in [0.05, 0.1) is 25.4 Å². The van der Waals surface area contributed by atoms with E-state index in [9.17, 15) is 40.5 Å². The molecular weight excluding hydrogens is 847 g/mol. The van der Waals surface area contributed by atoms with E-state index in [1.807, 2.05) is 0 Å². The molecule has 1 rings (SSSR count). The monoisotopic (exact) mass is 952 g/mol. The second-order valence-corrected chi connectivity index (χ2v) is 19.6. The highest BCUT2D eigenvalue weighted by Crippen LogP contribution is 2.23. The minimum Gasteiger partial charge on any atom is -0.394 e. The van der Waals surface area contributed by atoms with Gasteiger partial charge in [0, 0.05) is 0 Å². The van der Waals surface area contributed by atoms with E-state index in [4.69, 9.17) is 9.47 Å². The molecule has 11 heteroatoms. The molecule has 67 heavy (non-hydrogen) atoms. The highest BCUT2D eigenvalue weighted by atomic mass is 16.7. The van der Waals surface area contributed by atoms with Gasteiger partial charge in [-0.1, -0.05) is 217 Å². The van der Waals surface area contributed by atoms with Gasteiger partial charge in [-0.15, -0.1) is 0 Å². The molecule has 9 unspecified atom stereocenters. The highest BCUT2D eigenvalue weighted by molar-refractivity contribution is 5.80. The fourth-order valence-electron chi connectivity index (χ4n) is 8.83. The van der Waals surface area contributed by atoms with Crippen LogP contribution < -0.4 is 5.32 Å². The summed E-state index contributed by atoms with van der Waals surface area (Å²) in [7, 11) is 0. The van der Waals surface area contributed by atoms with Gasteiger partial charge in [0.15, 0.2) is 6.29 Å². The van der Waals surface area contributed by atoms with E-state index in [2.05, 4.69) is 55.6 Å². The Kier molecular flexibility index (Phi) is 43.0. The summed E-state index contributed by atoms with van der Waals surface area (Å²) in [6.07, 6.45) is 43.4. The Labute approximate surface area is 409 Å². The van der Waals surface area contributed by atoms with Gasteiger partial charge in [0.25, 0.3) is 0 Å². The molecule has 0 spiro atoms. The smallest absolute Gasteiger partial charge is 0.249 e. The SMILES string of the molecule is CCCCCCC/C=C/CC/C=C/CC/C=C/CCCC(O)C(O)C(COC1OC(CO)C(O)C(O)C1O)NC(=O)C(O)CCCCCCCCCCCCCCCCCCCCCCCC. The first-order valence-electron chi connectivity index (χ1n) is 27.9.